The molecule has 0 bridgehead atoms. The van der Waals surface area contributed by atoms with E-state index in [4.69, 9.17) is 4.74 Å². The van der Waals surface area contributed by atoms with E-state index in [2.05, 4.69) is 0 Å². The highest BCUT2D eigenvalue weighted by atomic mass is 32.2. The lowest BCUT2D eigenvalue weighted by atomic mass is 10.0. The van der Waals surface area contributed by atoms with Gasteiger partial charge in [-0.25, -0.2) is 0 Å². The summed E-state index contributed by atoms with van der Waals surface area (Å²) in [6.07, 6.45) is 3.16. The van der Waals surface area contributed by atoms with Crippen LogP contribution in [0.1, 0.15) is 16.7 Å². The number of hydrogen-bond acceptors (Lipinski definition) is 4. The third-order valence-corrected chi connectivity index (χ3v) is 7.37. The summed E-state index contributed by atoms with van der Waals surface area (Å²) in [4.78, 5) is 12.4. The van der Waals surface area contributed by atoms with Crippen LogP contribution in [0.5, 0.6) is 0 Å². The smallest absolute Gasteiger partial charge is 0.282 e. The van der Waals surface area contributed by atoms with Gasteiger partial charge in [0, 0.05) is 45.0 Å². The van der Waals surface area contributed by atoms with Gasteiger partial charge in [-0.3, -0.25) is 4.79 Å². The van der Waals surface area contributed by atoms with E-state index in [1.165, 1.54) is 14.2 Å². The minimum Gasteiger partial charge on any atom is -0.379 e. The molecule has 0 radical (unpaired) electrons. The molecular formula is C20H25N3O4S. The van der Waals surface area contributed by atoms with Gasteiger partial charge in [0.15, 0.2) is 0 Å². The summed E-state index contributed by atoms with van der Waals surface area (Å²) in [6, 6.07) is 11.7. The van der Waals surface area contributed by atoms with E-state index in [9.17, 15) is 13.2 Å². The average Bonchev–Trinajstić information content (AvgIpc) is 2.73. The second kappa shape index (κ2) is 8.16. The van der Waals surface area contributed by atoms with E-state index in [1.807, 2.05) is 36.5 Å². The Morgan fingerprint density at radius 2 is 1.71 bits per heavy atom. The molecular weight excluding hydrogens is 378 g/mol. The summed E-state index contributed by atoms with van der Waals surface area (Å²) < 4.78 is 35.9. The maximum Gasteiger partial charge on any atom is 0.282 e. The second-order valence-electron chi connectivity index (χ2n) is 7.19. The van der Waals surface area contributed by atoms with Crippen molar-refractivity contribution in [1.82, 2.24) is 13.2 Å². The summed E-state index contributed by atoms with van der Waals surface area (Å²) in [7, 11) is -3.51. The number of benzene rings is 1. The lowest BCUT2D eigenvalue weighted by Crippen LogP contribution is -2.50. The van der Waals surface area contributed by atoms with Crippen LogP contribution in [0.4, 0.5) is 0 Å². The Balaban J connectivity index is 1.52. The van der Waals surface area contributed by atoms with Gasteiger partial charge in [0.25, 0.3) is 15.8 Å². The number of pyridine rings is 1. The first-order valence-electron chi connectivity index (χ1n) is 9.63. The molecule has 2 aromatic rings. The summed E-state index contributed by atoms with van der Waals surface area (Å²) in [5.74, 6) is 0. The molecule has 1 saturated heterocycles. The largest absolute Gasteiger partial charge is 0.379 e. The first-order valence-corrected chi connectivity index (χ1v) is 11.0. The molecule has 0 aliphatic carbocycles. The van der Waals surface area contributed by atoms with Crippen molar-refractivity contribution in [2.75, 3.05) is 32.8 Å². The third-order valence-electron chi connectivity index (χ3n) is 5.39. The van der Waals surface area contributed by atoms with Crippen LogP contribution >= 0.6 is 0 Å². The highest BCUT2D eigenvalue weighted by Crippen LogP contribution is 2.22. The lowest BCUT2D eigenvalue weighted by Gasteiger charge is -2.34. The number of aryl methyl sites for hydroxylation is 2. The van der Waals surface area contributed by atoms with Crippen LogP contribution in [0.25, 0.3) is 0 Å². The molecule has 150 valence electrons. The molecule has 1 aromatic carbocycles. The molecule has 7 nitrogen and oxygen atoms in total. The van der Waals surface area contributed by atoms with Gasteiger partial charge in [0.1, 0.15) is 0 Å². The van der Waals surface area contributed by atoms with E-state index in [0.717, 1.165) is 17.5 Å². The Morgan fingerprint density at radius 1 is 0.964 bits per heavy atom. The minimum atomic E-state index is -3.51. The van der Waals surface area contributed by atoms with Crippen molar-refractivity contribution in [2.24, 2.45) is 0 Å². The zero-order valence-electron chi connectivity index (χ0n) is 15.8. The molecule has 0 unspecified atom stereocenters. The van der Waals surface area contributed by atoms with E-state index in [1.54, 1.807) is 10.6 Å². The molecule has 0 amide bonds. The number of ether oxygens (including phenoxy) is 1. The predicted molar refractivity (Wildman–Crippen MR) is 106 cm³/mol. The molecule has 1 fully saturated rings. The molecule has 1 aromatic heterocycles. The van der Waals surface area contributed by atoms with Gasteiger partial charge in [-0.15, -0.1) is 0 Å². The summed E-state index contributed by atoms with van der Waals surface area (Å²) in [6.45, 7) is 2.93. The van der Waals surface area contributed by atoms with E-state index < -0.39 is 10.2 Å². The fraction of sp³-hybridized carbons (Fsp3) is 0.450. The van der Waals surface area contributed by atoms with Crippen LogP contribution in [0, 0.1) is 0 Å². The molecule has 4 rings (SSSR count). The first kappa shape index (κ1) is 19.3. The number of fused-ring (bicyclic) bond motifs is 1. The highest BCUT2D eigenvalue weighted by Gasteiger charge is 2.33. The van der Waals surface area contributed by atoms with Crippen molar-refractivity contribution < 1.29 is 13.2 Å². The Morgan fingerprint density at radius 3 is 2.46 bits per heavy atom. The molecule has 0 spiro atoms. The molecule has 8 heteroatoms. The quantitative estimate of drug-likeness (QED) is 0.748. The summed E-state index contributed by atoms with van der Waals surface area (Å²) >= 11 is 0. The molecule has 2 aliphatic rings. The average molecular weight is 404 g/mol. The molecule has 0 N–H and O–H groups in total. The molecule has 28 heavy (non-hydrogen) atoms. The standard InChI is InChI=1S/C20H25N3O4S/c24-20-14-18-7-9-23(28(25,26)22-10-12-27-13-11-22)16-19(18)15-21(20)8-6-17-4-2-1-3-5-17/h1-5,14-15H,6-13,16H2. The van der Waals surface area contributed by atoms with Gasteiger partial charge in [-0.05, 0) is 29.5 Å². The number of aromatic nitrogens is 1. The zero-order valence-corrected chi connectivity index (χ0v) is 16.6. The van der Waals surface area contributed by atoms with Gasteiger partial charge in [0.2, 0.25) is 0 Å². The Kier molecular flexibility index (Phi) is 5.63. The number of rotatable bonds is 5. The van der Waals surface area contributed by atoms with E-state index >= 15 is 0 Å². The molecule has 0 atom stereocenters. The monoisotopic (exact) mass is 403 g/mol. The number of morpholine rings is 1. The highest BCUT2D eigenvalue weighted by molar-refractivity contribution is 7.86. The van der Waals surface area contributed by atoms with Crippen LogP contribution in [0.3, 0.4) is 0 Å². The van der Waals surface area contributed by atoms with Crippen molar-refractivity contribution >= 4 is 10.2 Å². The Hall–Kier alpha value is -2.00. The van der Waals surface area contributed by atoms with Crippen LogP contribution in [-0.2, 0) is 40.9 Å². The van der Waals surface area contributed by atoms with Crippen LogP contribution in [-0.4, -0.2) is 54.4 Å². The Bertz CT molecular complexity index is 982. The van der Waals surface area contributed by atoms with E-state index in [0.29, 0.717) is 52.4 Å². The summed E-state index contributed by atoms with van der Waals surface area (Å²) in [5, 5.41) is 0. The van der Waals surface area contributed by atoms with Gasteiger partial charge < -0.3 is 9.30 Å². The fourth-order valence-electron chi connectivity index (χ4n) is 3.76. The number of nitrogens with zero attached hydrogens (tertiary/aromatic N) is 3. The summed E-state index contributed by atoms with van der Waals surface area (Å²) in [5.41, 5.74) is 3.01. The maximum atomic E-state index is 12.9. The molecule has 3 heterocycles. The van der Waals surface area contributed by atoms with Gasteiger partial charge in [-0.2, -0.15) is 17.0 Å². The van der Waals surface area contributed by atoms with Crippen molar-refractivity contribution in [3.63, 3.8) is 0 Å². The molecule has 0 saturated carbocycles. The lowest BCUT2D eigenvalue weighted by molar-refractivity contribution is 0.0699. The van der Waals surface area contributed by atoms with Crippen LogP contribution < -0.4 is 5.56 Å². The normalized spacial score (nSPS) is 18.7. The SMILES string of the molecule is O=c1cc2c(cn1CCc1ccccc1)CN(S(=O)(=O)N1CCOCC1)CC2. The fourth-order valence-corrected chi connectivity index (χ4v) is 5.32. The second-order valence-corrected chi connectivity index (χ2v) is 9.12. The van der Waals surface area contributed by atoms with Crippen LogP contribution in [0.15, 0.2) is 47.4 Å². The minimum absolute atomic E-state index is 0.0285. The van der Waals surface area contributed by atoms with Gasteiger partial charge in [0.05, 0.1) is 13.2 Å². The van der Waals surface area contributed by atoms with Crippen molar-refractivity contribution in [3.8, 4) is 0 Å². The zero-order chi connectivity index (χ0) is 19.6. The van der Waals surface area contributed by atoms with Crippen molar-refractivity contribution in [1.29, 1.82) is 0 Å². The predicted octanol–water partition coefficient (Wildman–Crippen LogP) is 1.03. The maximum absolute atomic E-state index is 12.9. The first-order chi connectivity index (χ1) is 13.5. The number of hydrogen-bond donors (Lipinski definition) is 0. The van der Waals surface area contributed by atoms with Crippen molar-refractivity contribution in [3.05, 3.63) is 69.6 Å². The van der Waals surface area contributed by atoms with Crippen LogP contribution in [0.2, 0.25) is 0 Å². The van der Waals surface area contributed by atoms with Gasteiger partial charge >= 0.3 is 0 Å². The Labute approximate surface area is 165 Å². The van der Waals surface area contributed by atoms with E-state index in [-0.39, 0.29) is 5.56 Å². The topological polar surface area (TPSA) is 71.9 Å². The van der Waals surface area contributed by atoms with Crippen molar-refractivity contribution in [2.45, 2.75) is 25.9 Å². The third kappa shape index (κ3) is 4.05. The van der Waals surface area contributed by atoms with Gasteiger partial charge in [-0.1, -0.05) is 30.3 Å². The molecule has 2 aliphatic heterocycles.